The number of aryl methyl sites for hydroxylation is 2. The summed E-state index contributed by atoms with van der Waals surface area (Å²) in [5.74, 6) is -0.549. The molecule has 3 amide bonds. The van der Waals surface area contributed by atoms with Crippen LogP contribution in [0, 0.1) is 13.8 Å². The Kier molecular flexibility index (Phi) is 5.08. The van der Waals surface area contributed by atoms with Crippen LogP contribution in [0.3, 0.4) is 0 Å². The number of ketones is 1. The van der Waals surface area contributed by atoms with Crippen LogP contribution >= 0.6 is 11.3 Å². The van der Waals surface area contributed by atoms with E-state index in [4.69, 9.17) is 4.74 Å². The Morgan fingerprint density at radius 2 is 2.14 bits per heavy atom. The summed E-state index contributed by atoms with van der Waals surface area (Å²) in [6.45, 7) is 4.75. The van der Waals surface area contributed by atoms with E-state index in [0.29, 0.717) is 25.1 Å². The van der Waals surface area contributed by atoms with Crippen LogP contribution in [0.1, 0.15) is 45.0 Å². The predicted molar refractivity (Wildman–Crippen MR) is 109 cm³/mol. The number of hydrogen-bond acceptors (Lipinski definition) is 5. The van der Waals surface area contributed by atoms with Gasteiger partial charge in [0.25, 0.3) is 5.91 Å². The zero-order valence-electron chi connectivity index (χ0n) is 16.9. The van der Waals surface area contributed by atoms with Gasteiger partial charge in [0, 0.05) is 41.0 Å². The van der Waals surface area contributed by atoms with Crippen LogP contribution in [0.5, 0.6) is 0 Å². The molecule has 7 nitrogen and oxygen atoms in total. The summed E-state index contributed by atoms with van der Waals surface area (Å²) in [5.41, 5.74) is 2.19. The standard InChI is InChI=1S/C21H25N3O4S/c1-13-11-15(14(2)23(13)8-9-28-3)17(25)12-24-19(26)21(22-20(24)27)7-4-5-18-16(21)6-10-29-18/h6,10-11H,4-5,7-9,12H2,1-3H3,(H,22,27)/t21-/m1/s1. The smallest absolute Gasteiger partial charge is 0.325 e. The van der Waals surface area contributed by atoms with E-state index >= 15 is 0 Å². The molecule has 0 aromatic carbocycles. The van der Waals surface area contributed by atoms with E-state index in [2.05, 4.69) is 5.32 Å². The number of fused-ring (bicyclic) bond motifs is 2. The molecule has 1 aliphatic carbocycles. The number of carbonyl (C=O) groups excluding carboxylic acids is 3. The van der Waals surface area contributed by atoms with Crippen molar-refractivity contribution in [3.8, 4) is 0 Å². The summed E-state index contributed by atoms with van der Waals surface area (Å²) in [4.78, 5) is 41.2. The van der Waals surface area contributed by atoms with Gasteiger partial charge in [-0.1, -0.05) is 0 Å². The van der Waals surface area contributed by atoms with Gasteiger partial charge >= 0.3 is 6.03 Å². The minimum atomic E-state index is -1.01. The lowest BCUT2D eigenvalue weighted by atomic mass is 9.80. The lowest BCUT2D eigenvalue weighted by Crippen LogP contribution is -2.46. The fourth-order valence-corrected chi connectivity index (χ4v) is 5.52. The SMILES string of the molecule is COCCn1c(C)cc(C(=O)CN2C(=O)N[C@@]3(CCCc4sccc43)C2=O)c1C. The van der Waals surface area contributed by atoms with E-state index in [0.717, 1.165) is 39.6 Å². The van der Waals surface area contributed by atoms with Gasteiger partial charge in [0.1, 0.15) is 5.54 Å². The number of amides is 3. The number of urea groups is 1. The Morgan fingerprint density at radius 3 is 2.90 bits per heavy atom. The van der Waals surface area contributed by atoms with Crippen molar-refractivity contribution in [1.82, 2.24) is 14.8 Å². The van der Waals surface area contributed by atoms with E-state index in [-0.39, 0.29) is 18.2 Å². The first-order valence-electron chi connectivity index (χ1n) is 9.79. The van der Waals surface area contributed by atoms with E-state index in [1.54, 1.807) is 18.4 Å². The van der Waals surface area contributed by atoms with E-state index < -0.39 is 11.6 Å². The molecule has 2 aromatic rings. The van der Waals surface area contributed by atoms with E-state index in [1.807, 2.05) is 35.9 Å². The van der Waals surface area contributed by atoms with Gasteiger partial charge in [-0.25, -0.2) is 4.79 Å². The predicted octanol–water partition coefficient (Wildman–Crippen LogP) is 2.78. The highest BCUT2D eigenvalue weighted by atomic mass is 32.1. The highest BCUT2D eigenvalue weighted by Crippen LogP contribution is 2.42. The molecule has 1 N–H and O–H groups in total. The third-order valence-electron chi connectivity index (χ3n) is 6.03. The van der Waals surface area contributed by atoms with Gasteiger partial charge in [0.05, 0.1) is 13.2 Å². The first kappa shape index (κ1) is 19.8. The highest BCUT2D eigenvalue weighted by molar-refractivity contribution is 7.10. The second-order valence-electron chi connectivity index (χ2n) is 7.69. The lowest BCUT2D eigenvalue weighted by Gasteiger charge is -2.31. The normalized spacial score (nSPS) is 21.0. The maximum absolute atomic E-state index is 13.3. The van der Waals surface area contributed by atoms with Crippen molar-refractivity contribution < 1.29 is 19.1 Å². The highest BCUT2D eigenvalue weighted by Gasteiger charge is 2.54. The lowest BCUT2D eigenvalue weighted by molar-refractivity contribution is -0.131. The number of methoxy groups -OCH3 is 1. The molecule has 3 heterocycles. The molecular weight excluding hydrogens is 390 g/mol. The third-order valence-corrected chi connectivity index (χ3v) is 7.01. The van der Waals surface area contributed by atoms with Crippen molar-refractivity contribution in [1.29, 1.82) is 0 Å². The van der Waals surface area contributed by atoms with Gasteiger partial charge < -0.3 is 14.6 Å². The number of imide groups is 1. The summed E-state index contributed by atoms with van der Waals surface area (Å²) >= 11 is 1.61. The number of aromatic nitrogens is 1. The average Bonchev–Trinajstić information content (AvgIpc) is 3.34. The molecule has 0 unspecified atom stereocenters. The number of carbonyl (C=O) groups is 3. The molecule has 0 radical (unpaired) electrons. The summed E-state index contributed by atoms with van der Waals surface area (Å²) in [6, 6.07) is 3.25. The van der Waals surface area contributed by atoms with E-state index in [9.17, 15) is 14.4 Å². The van der Waals surface area contributed by atoms with Crippen molar-refractivity contribution in [3.05, 3.63) is 44.9 Å². The van der Waals surface area contributed by atoms with Crippen molar-refractivity contribution in [2.75, 3.05) is 20.3 Å². The molecule has 1 fully saturated rings. The number of hydrogen-bond donors (Lipinski definition) is 1. The molecule has 0 bridgehead atoms. The minimum absolute atomic E-state index is 0.233. The third kappa shape index (κ3) is 3.11. The Bertz CT molecular complexity index is 992. The van der Waals surface area contributed by atoms with Crippen LogP contribution < -0.4 is 5.32 Å². The molecule has 1 aliphatic heterocycles. The molecule has 1 atom stereocenters. The zero-order valence-corrected chi connectivity index (χ0v) is 17.7. The first-order chi connectivity index (χ1) is 13.9. The quantitative estimate of drug-likeness (QED) is 0.581. The molecule has 2 aliphatic rings. The summed E-state index contributed by atoms with van der Waals surface area (Å²) in [5, 5.41) is 4.86. The second-order valence-corrected chi connectivity index (χ2v) is 8.69. The number of Topliss-reactive ketones (excluding diaryl/α,β-unsaturated/α-hetero) is 1. The van der Waals surface area contributed by atoms with Gasteiger partial charge in [0.15, 0.2) is 5.78 Å². The number of nitrogens with one attached hydrogen (secondary N) is 1. The molecule has 8 heteroatoms. The molecule has 4 rings (SSSR count). The molecular formula is C21H25N3O4S. The van der Waals surface area contributed by atoms with Crippen LogP contribution in [-0.2, 0) is 28.0 Å². The van der Waals surface area contributed by atoms with Gasteiger partial charge in [-0.2, -0.15) is 0 Å². The molecule has 154 valence electrons. The average molecular weight is 416 g/mol. The largest absolute Gasteiger partial charge is 0.383 e. The Morgan fingerprint density at radius 1 is 1.34 bits per heavy atom. The number of thiophene rings is 1. The monoisotopic (exact) mass is 415 g/mol. The fraction of sp³-hybridized carbons (Fsp3) is 0.476. The first-order valence-corrected chi connectivity index (χ1v) is 10.7. The van der Waals surface area contributed by atoms with Crippen LogP contribution in [0.4, 0.5) is 4.79 Å². The molecule has 2 aromatic heterocycles. The topological polar surface area (TPSA) is 80.6 Å². The van der Waals surface area contributed by atoms with Crippen LogP contribution in [0.15, 0.2) is 17.5 Å². The maximum Gasteiger partial charge on any atom is 0.325 e. The van der Waals surface area contributed by atoms with Gasteiger partial charge in [-0.3, -0.25) is 14.5 Å². The summed E-state index contributed by atoms with van der Waals surface area (Å²) in [7, 11) is 1.64. The van der Waals surface area contributed by atoms with Crippen LogP contribution in [0.25, 0.3) is 0 Å². The molecule has 29 heavy (non-hydrogen) atoms. The summed E-state index contributed by atoms with van der Waals surface area (Å²) < 4.78 is 7.15. The van der Waals surface area contributed by atoms with Crippen molar-refractivity contribution in [3.63, 3.8) is 0 Å². The zero-order chi connectivity index (χ0) is 20.8. The number of rotatable bonds is 6. The minimum Gasteiger partial charge on any atom is -0.383 e. The Labute approximate surface area is 173 Å². The maximum atomic E-state index is 13.3. The second kappa shape index (κ2) is 7.42. The number of nitrogens with zero attached hydrogens (tertiary/aromatic N) is 2. The van der Waals surface area contributed by atoms with Crippen molar-refractivity contribution >= 4 is 29.1 Å². The Hall–Kier alpha value is -2.45. The van der Waals surface area contributed by atoms with Gasteiger partial charge in [-0.15, -0.1) is 11.3 Å². The van der Waals surface area contributed by atoms with E-state index in [1.165, 1.54) is 0 Å². The van der Waals surface area contributed by atoms with Gasteiger partial charge in [0.2, 0.25) is 0 Å². The molecule has 0 saturated carbocycles. The van der Waals surface area contributed by atoms with Gasteiger partial charge in [-0.05, 0) is 50.6 Å². The molecule has 1 spiro atoms. The van der Waals surface area contributed by atoms with Crippen molar-refractivity contribution in [2.45, 2.75) is 45.2 Å². The number of ether oxygens (including phenoxy) is 1. The van der Waals surface area contributed by atoms with Crippen molar-refractivity contribution in [2.24, 2.45) is 0 Å². The molecule has 1 saturated heterocycles. The Balaban J connectivity index is 1.58. The van der Waals surface area contributed by atoms with Crippen LogP contribution in [-0.4, -0.2) is 47.4 Å². The van der Waals surface area contributed by atoms with Crippen LogP contribution in [0.2, 0.25) is 0 Å². The summed E-state index contributed by atoms with van der Waals surface area (Å²) in [6.07, 6.45) is 2.32. The fourth-order valence-electron chi connectivity index (χ4n) is 4.52.